The van der Waals surface area contributed by atoms with Crippen LogP contribution < -0.4 is 16.4 Å². The van der Waals surface area contributed by atoms with Crippen LogP contribution in [0.1, 0.15) is 20.3 Å². The van der Waals surface area contributed by atoms with E-state index in [0.29, 0.717) is 5.96 Å². The zero-order chi connectivity index (χ0) is 13.0. The smallest absolute Gasteiger partial charge is 0.291 e. The Morgan fingerprint density at radius 2 is 2.12 bits per heavy atom. The minimum Gasteiger partial charge on any atom is -0.370 e. The molecule has 0 aromatic carbocycles. The van der Waals surface area contributed by atoms with E-state index in [1.54, 1.807) is 0 Å². The monoisotopic (exact) mass is 234 g/mol. The molecule has 0 rings (SSSR count). The second kappa shape index (κ2) is 11.0. The van der Waals surface area contributed by atoms with Crippen LogP contribution in [0.4, 0.5) is 0 Å². The number of guanidine groups is 2. The quantitative estimate of drug-likeness (QED) is 0.192. The third kappa shape index (κ3) is 17.9. The van der Waals surface area contributed by atoms with Gasteiger partial charge >= 0.3 is 0 Å². The molecule has 0 saturated heterocycles. The van der Waals surface area contributed by atoms with Crippen molar-refractivity contribution in [2.75, 3.05) is 13.1 Å². The van der Waals surface area contributed by atoms with Crippen LogP contribution in [-0.4, -0.2) is 35.3 Å². The molecule has 0 heterocycles. The molecule has 0 radical (unpaired) electrons. The Bertz CT molecular complexity index is 238. The maximum atomic E-state index is 8.36. The van der Waals surface area contributed by atoms with Crippen LogP contribution in [-0.2, 0) is 0 Å². The maximum Gasteiger partial charge on any atom is 0.291 e. The van der Waals surface area contributed by atoms with Crippen LogP contribution in [0.3, 0.4) is 0 Å². The molecule has 9 nitrogen and oxygen atoms in total. The summed E-state index contributed by atoms with van der Waals surface area (Å²) in [5, 5.41) is 26.2. The molecule has 0 aromatic heterocycles. The highest BCUT2D eigenvalue weighted by atomic mass is 16.9. The first-order valence-electron chi connectivity index (χ1n) is 4.66. The summed E-state index contributed by atoms with van der Waals surface area (Å²) in [4.78, 5) is 12.5. The third-order valence-corrected chi connectivity index (χ3v) is 1.09. The van der Waals surface area contributed by atoms with Crippen LogP contribution in [0.15, 0.2) is 4.99 Å². The summed E-state index contributed by atoms with van der Waals surface area (Å²) in [5.41, 5.74) is 5.15. The van der Waals surface area contributed by atoms with Crippen molar-refractivity contribution >= 4 is 11.9 Å². The van der Waals surface area contributed by atoms with Gasteiger partial charge in [-0.15, -0.1) is 10.1 Å². The summed E-state index contributed by atoms with van der Waals surface area (Å²) in [5.74, 6) is 0.484. The fourth-order valence-electron chi connectivity index (χ4n) is 0.658. The number of nitrogens with zero attached hydrogens (tertiary/aromatic N) is 2. The lowest BCUT2D eigenvalue weighted by Gasteiger charge is -2.08. The van der Waals surface area contributed by atoms with Gasteiger partial charge in [-0.3, -0.25) is 15.7 Å². The van der Waals surface area contributed by atoms with Gasteiger partial charge in [0.15, 0.2) is 11.9 Å². The Morgan fingerprint density at radius 3 is 2.44 bits per heavy atom. The SMILES string of the molecule is CCCN=C(NCC)NC(=N)N.O=[N+]([O-])O. The largest absolute Gasteiger partial charge is 0.370 e. The summed E-state index contributed by atoms with van der Waals surface area (Å²) in [6.07, 6.45) is 0.981. The molecule has 0 unspecified atom stereocenters. The van der Waals surface area contributed by atoms with E-state index in [0.717, 1.165) is 19.5 Å². The molecule has 94 valence electrons. The molecular formula is C7H18N6O3. The van der Waals surface area contributed by atoms with Crippen molar-refractivity contribution in [3.05, 3.63) is 10.1 Å². The van der Waals surface area contributed by atoms with Crippen LogP contribution in [0.5, 0.6) is 0 Å². The Hall–Kier alpha value is -2.06. The van der Waals surface area contributed by atoms with Crippen molar-refractivity contribution < 1.29 is 10.3 Å². The number of hydrogen-bond donors (Lipinski definition) is 5. The third-order valence-electron chi connectivity index (χ3n) is 1.09. The van der Waals surface area contributed by atoms with Crippen LogP contribution in [0.25, 0.3) is 0 Å². The van der Waals surface area contributed by atoms with E-state index in [9.17, 15) is 0 Å². The Balaban J connectivity index is 0. The van der Waals surface area contributed by atoms with E-state index in [1.165, 1.54) is 0 Å². The van der Waals surface area contributed by atoms with Crippen molar-refractivity contribution in [1.29, 1.82) is 5.41 Å². The van der Waals surface area contributed by atoms with Crippen LogP contribution >= 0.6 is 0 Å². The molecule has 0 aromatic rings. The second-order valence-corrected chi connectivity index (χ2v) is 2.54. The molecule has 0 aliphatic rings. The molecule has 0 amide bonds. The topological polar surface area (TPSA) is 150 Å². The molecule has 6 N–H and O–H groups in total. The van der Waals surface area contributed by atoms with Gasteiger partial charge in [-0.05, 0) is 13.3 Å². The van der Waals surface area contributed by atoms with Gasteiger partial charge in [-0.1, -0.05) is 6.92 Å². The molecule has 0 bridgehead atoms. The first-order valence-corrected chi connectivity index (χ1v) is 4.66. The van der Waals surface area contributed by atoms with Crippen molar-refractivity contribution in [1.82, 2.24) is 10.6 Å². The molecule has 0 aliphatic heterocycles. The van der Waals surface area contributed by atoms with Gasteiger partial charge in [0, 0.05) is 13.1 Å². The summed E-state index contributed by atoms with van der Waals surface area (Å²) in [7, 11) is 0. The minimum absolute atomic E-state index is 0.0918. The van der Waals surface area contributed by atoms with Crippen LogP contribution in [0, 0.1) is 15.5 Å². The first-order chi connectivity index (χ1) is 7.43. The molecule has 0 saturated carbocycles. The van der Waals surface area contributed by atoms with Gasteiger partial charge in [0.1, 0.15) is 0 Å². The van der Waals surface area contributed by atoms with Gasteiger partial charge in [0.2, 0.25) is 0 Å². The number of nitrogens with one attached hydrogen (secondary N) is 3. The van der Waals surface area contributed by atoms with E-state index in [-0.39, 0.29) is 5.96 Å². The van der Waals surface area contributed by atoms with Gasteiger partial charge < -0.3 is 16.3 Å². The van der Waals surface area contributed by atoms with Crippen molar-refractivity contribution in [3.8, 4) is 0 Å². The molecule has 16 heavy (non-hydrogen) atoms. The van der Waals surface area contributed by atoms with E-state index >= 15 is 0 Å². The van der Waals surface area contributed by atoms with Gasteiger partial charge in [-0.2, -0.15) is 0 Å². The van der Waals surface area contributed by atoms with E-state index in [4.69, 9.17) is 26.5 Å². The number of rotatable bonds is 3. The van der Waals surface area contributed by atoms with Crippen LogP contribution in [0.2, 0.25) is 0 Å². The Kier molecular flexibility index (Phi) is 11.3. The number of hydrogen-bond acceptors (Lipinski definition) is 4. The molecule has 9 heteroatoms. The summed E-state index contributed by atoms with van der Waals surface area (Å²) < 4.78 is 0. The number of nitrogens with two attached hydrogens (primary N) is 1. The normalized spacial score (nSPS) is 9.75. The summed E-state index contributed by atoms with van der Waals surface area (Å²) in [6, 6.07) is 0. The molecule has 0 fully saturated rings. The molecule has 0 aliphatic carbocycles. The lowest BCUT2D eigenvalue weighted by molar-refractivity contribution is -0.742. The van der Waals surface area contributed by atoms with Crippen molar-refractivity contribution in [2.24, 2.45) is 10.7 Å². The van der Waals surface area contributed by atoms with E-state index < -0.39 is 5.09 Å². The zero-order valence-electron chi connectivity index (χ0n) is 9.36. The molecule has 0 atom stereocenters. The maximum absolute atomic E-state index is 8.36. The molecular weight excluding hydrogens is 216 g/mol. The van der Waals surface area contributed by atoms with E-state index in [1.807, 2.05) is 13.8 Å². The van der Waals surface area contributed by atoms with Crippen molar-refractivity contribution in [2.45, 2.75) is 20.3 Å². The average Bonchev–Trinajstić information content (AvgIpc) is 2.12. The second-order valence-electron chi connectivity index (χ2n) is 2.54. The van der Waals surface area contributed by atoms with Gasteiger partial charge in [0.25, 0.3) is 5.09 Å². The van der Waals surface area contributed by atoms with Gasteiger partial charge in [-0.25, -0.2) is 0 Å². The molecule has 0 spiro atoms. The lowest BCUT2D eigenvalue weighted by atomic mass is 10.5. The minimum atomic E-state index is -1.50. The first kappa shape index (κ1) is 16.4. The number of aliphatic imine (C=N–C) groups is 1. The standard InChI is InChI=1S/C7H17N5.HNO3/c1-3-5-11-7(10-4-2)12-6(8)9;2-1(3)4/h3-5H2,1-2H3,(H5,8,9,10,11,12);(H,2,3,4). The Morgan fingerprint density at radius 1 is 1.62 bits per heavy atom. The highest BCUT2D eigenvalue weighted by Gasteiger charge is 1.95. The fraction of sp³-hybridized carbons (Fsp3) is 0.714. The lowest BCUT2D eigenvalue weighted by Crippen LogP contribution is -2.44. The summed E-state index contributed by atoms with van der Waals surface area (Å²) >= 11 is 0. The predicted molar refractivity (Wildman–Crippen MR) is 60.1 cm³/mol. The van der Waals surface area contributed by atoms with Gasteiger partial charge in [0.05, 0.1) is 0 Å². The fourth-order valence-corrected chi connectivity index (χ4v) is 0.658. The predicted octanol–water partition coefficient (Wildman–Crippen LogP) is -0.503. The average molecular weight is 234 g/mol. The zero-order valence-corrected chi connectivity index (χ0v) is 9.36. The Labute approximate surface area is 93.4 Å². The van der Waals surface area contributed by atoms with Crippen molar-refractivity contribution in [3.63, 3.8) is 0 Å². The highest BCUT2D eigenvalue weighted by molar-refractivity contribution is 5.96. The van der Waals surface area contributed by atoms with E-state index in [2.05, 4.69) is 15.6 Å². The highest BCUT2D eigenvalue weighted by Crippen LogP contribution is 1.77. The summed E-state index contributed by atoms with van der Waals surface area (Å²) in [6.45, 7) is 5.51.